The molecule has 4 N–H and O–H groups in total. The first-order valence-electron chi connectivity index (χ1n) is 9.02. The Bertz CT molecular complexity index is 773. The number of nitrogens with zero attached hydrogens (tertiary/aromatic N) is 1. The first-order valence-corrected chi connectivity index (χ1v) is 9.02. The molecule has 0 spiro atoms. The largest absolute Gasteiger partial charge is 0.467 e. The summed E-state index contributed by atoms with van der Waals surface area (Å²) in [6.45, 7) is -0.194. The normalized spacial score (nSPS) is 12.1. The number of aliphatic hydroxyl groups excluding tert-OH is 1. The number of amides is 1. The van der Waals surface area contributed by atoms with Crippen molar-refractivity contribution < 1.29 is 27.8 Å². The van der Waals surface area contributed by atoms with E-state index in [0.717, 1.165) is 0 Å². The van der Waals surface area contributed by atoms with E-state index in [-0.39, 0.29) is 55.3 Å². The molecule has 1 heterocycles. The van der Waals surface area contributed by atoms with E-state index in [1.807, 2.05) is 6.92 Å². The molecule has 0 fully saturated rings. The zero-order chi connectivity index (χ0) is 21.1. The molecule has 0 saturated carbocycles. The number of aliphatic imine (C=N–C) groups is 1. The fraction of sp³-hybridized carbons (Fsp3) is 0.368. The molecule has 30 heavy (non-hydrogen) atoms. The highest BCUT2D eigenvalue weighted by Gasteiger charge is 2.11. The summed E-state index contributed by atoms with van der Waals surface area (Å²) in [4.78, 5) is 16.0. The Balaban J connectivity index is 0.00000450. The van der Waals surface area contributed by atoms with Gasteiger partial charge in [0.2, 0.25) is 5.91 Å². The number of alkyl halides is 2. The van der Waals surface area contributed by atoms with Gasteiger partial charge >= 0.3 is 6.61 Å². The average Bonchev–Trinajstić information content (AvgIpc) is 3.22. The molecule has 1 amide bonds. The van der Waals surface area contributed by atoms with Crippen LogP contribution in [-0.2, 0) is 11.3 Å². The first-order chi connectivity index (χ1) is 14.0. The van der Waals surface area contributed by atoms with Gasteiger partial charge in [-0.25, -0.2) is 4.99 Å². The maximum Gasteiger partial charge on any atom is 0.387 e. The number of benzene rings is 1. The zero-order valence-corrected chi connectivity index (χ0v) is 18.6. The van der Waals surface area contributed by atoms with Gasteiger partial charge in [0.05, 0.1) is 18.9 Å². The van der Waals surface area contributed by atoms with Gasteiger partial charge in [-0.2, -0.15) is 8.78 Å². The summed E-state index contributed by atoms with van der Waals surface area (Å²) in [6.07, 6.45) is 0.615. The summed E-state index contributed by atoms with van der Waals surface area (Å²) in [6, 6.07) is 9.19. The van der Waals surface area contributed by atoms with E-state index < -0.39 is 12.7 Å². The average molecular weight is 538 g/mol. The molecule has 0 radical (unpaired) electrons. The molecule has 166 valence electrons. The van der Waals surface area contributed by atoms with Gasteiger partial charge in [-0.05, 0) is 36.8 Å². The van der Waals surface area contributed by atoms with Crippen LogP contribution in [-0.4, -0.2) is 43.2 Å². The number of aliphatic hydroxyl groups is 1. The van der Waals surface area contributed by atoms with Crippen molar-refractivity contribution >= 4 is 35.8 Å². The number of ether oxygens (including phenoxy) is 1. The number of hydrogen-bond acceptors (Lipinski definition) is 5. The number of nitrogens with one attached hydrogen (secondary N) is 3. The second-order valence-electron chi connectivity index (χ2n) is 5.90. The lowest BCUT2D eigenvalue weighted by atomic mass is 10.1. The molecule has 1 atom stereocenters. The van der Waals surface area contributed by atoms with Crippen LogP contribution in [0.3, 0.4) is 0 Å². The predicted octanol–water partition coefficient (Wildman–Crippen LogP) is 2.40. The number of rotatable bonds is 10. The number of guanidine groups is 1. The van der Waals surface area contributed by atoms with Gasteiger partial charge in [-0.1, -0.05) is 12.1 Å². The van der Waals surface area contributed by atoms with E-state index in [9.17, 15) is 18.7 Å². The predicted molar refractivity (Wildman–Crippen MR) is 118 cm³/mol. The Kier molecular flexibility index (Phi) is 11.7. The second kappa shape index (κ2) is 13.7. The quantitative estimate of drug-likeness (QED) is 0.210. The van der Waals surface area contributed by atoms with Gasteiger partial charge in [0, 0.05) is 13.1 Å². The molecule has 1 aromatic carbocycles. The van der Waals surface area contributed by atoms with E-state index in [1.165, 1.54) is 30.5 Å². The van der Waals surface area contributed by atoms with Crippen molar-refractivity contribution in [3.63, 3.8) is 0 Å². The highest BCUT2D eigenvalue weighted by molar-refractivity contribution is 14.0. The van der Waals surface area contributed by atoms with Crippen molar-refractivity contribution in [3.8, 4) is 5.75 Å². The fourth-order valence-corrected chi connectivity index (χ4v) is 2.33. The van der Waals surface area contributed by atoms with Crippen LogP contribution in [0.5, 0.6) is 5.75 Å². The van der Waals surface area contributed by atoms with E-state index in [0.29, 0.717) is 23.8 Å². The monoisotopic (exact) mass is 538 g/mol. The summed E-state index contributed by atoms with van der Waals surface area (Å²) in [5.41, 5.74) is 0.520. The summed E-state index contributed by atoms with van der Waals surface area (Å²) in [7, 11) is 0. The summed E-state index contributed by atoms with van der Waals surface area (Å²) >= 11 is 0. The minimum atomic E-state index is -2.90. The molecular weight excluding hydrogens is 513 g/mol. The minimum absolute atomic E-state index is 0. The van der Waals surface area contributed by atoms with Crippen LogP contribution in [0.2, 0.25) is 0 Å². The Morgan fingerprint density at radius 2 is 1.93 bits per heavy atom. The maximum atomic E-state index is 12.2. The van der Waals surface area contributed by atoms with E-state index in [2.05, 4.69) is 25.7 Å². The Hall–Kier alpha value is -2.41. The maximum absolute atomic E-state index is 12.2. The van der Waals surface area contributed by atoms with Gasteiger partial charge in [-0.15, -0.1) is 24.0 Å². The number of carbonyl (C=O) groups is 1. The molecule has 1 aromatic heterocycles. The van der Waals surface area contributed by atoms with Crippen molar-refractivity contribution in [3.05, 3.63) is 54.0 Å². The van der Waals surface area contributed by atoms with Gasteiger partial charge in [-0.3, -0.25) is 4.79 Å². The van der Waals surface area contributed by atoms with Crippen LogP contribution >= 0.6 is 24.0 Å². The smallest absolute Gasteiger partial charge is 0.387 e. The number of carbonyl (C=O) groups excluding carboxylic acids is 1. The topological polar surface area (TPSA) is 108 Å². The van der Waals surface area contributed by atoms with Crippen molar-refractivity contribution in [2.45, 2.75) is 26.2 Å². The Morgan fingerprint density at radius 3 is 2.53 bits per heavy atom. The van der Waals surface area contributed by atoms with Crippen LogP contribution < -0.4 is 20.7 Å². The molecular formula is C19H25F2IN4O4. The molecule has 2 aromatic rings. The molecule has 0 aliphatic rings. The summed E-state index contributed by atoms with van der Waals surface area (Å²) in [5.74, 6) is 0.728. The molecule has 11 heteroatoms. The minimum Gasteiger partial charge on any atom is -0.467 e. The zero-order valence-electron chi connectivity index (χ0n) is 16.3. The van der Waals surface area contributed by atoms with Gasteiger partial charge in [0.1, 0.15) is 18.1 Å². The lowest BCUT2D eigenvalue weighted by molar-refractivity contribution is -0.119. The van der Waals surface area contributed by atoms with E-state index in [1.54, 1.807) is 12.1 Å². The molecule has 0 aliphatic carbocycles. The summed E-state index contributed by atoms with van der Waals surface area (Å²) < 4.78 is 33.8. The third-order valence-corrected chi connectivity index (χ3v) is 3.72. The van der Waals surface area contributed by atoms with E-state index >= 15 is 0 Å². The number of halogens is 3. The highest BCUT2D eigenvalue weighted by Crippen LogP contribution is 2.18. The third-order valence-electron chi connectivity index (χ3n) is 3.72. The molecule has 8 nitrogen and oxygen atoms in total. The van der Waals surface area contributed by atoms with E-state index in [4.69, 9.17) is 4.42 Å². The molecule has 0 saturated heterocycles. The fourth-order valence-electron chi connectivity index (χ4n) is 2.33. The molecule has 0 bridgehead atoms. The lowest BCUT2D eigenvalue weighted by Crippen LogP contribution is -2.40. The molecule has 2 rings (SSSR count). The SMILES string of the molecule is CCNC(=NCC(=O)NCc1ccco1)NCC(O)c1ccc(OC(F)F)cc1.I. The standard InChI is InChI=1S/C19H24F2N4O4.HI/c1-2-22-19(25-12-17(27)23-10-15-4-3-9-28-15)24-11-16(26)13-5-7-14(8-6-13)29-18(20)21;/h3-9,16,18,26H,2,10-12H2,1H3,(H,23,27)(H2,22,24,25);1H. The Labute approximate surface area is 190 Å². The third kappa shape index (κ3) is 9.39. The Morgan fingerprint density at radius 1 is 1.20 bits per heavy atom. The number of furan rings is 1. The van der Waals surface area contributed by atoms with Crippen LogP contribution in [0.15, 0.2) is 52.1 Å². The molecule has 0 aliphatic heterocycles. The van der Waals surface area contributed by atoms with Crippen LogP contribution in [0.25, 0.3) is 0 Å². The van der Waals surface area contributed by atoms with Crippen molar-refractivity contribution in [1.82, 2.24) is 16.0 Å². The van der Waals surface area contributed by atoms with Gasteiger partial charge < -0.3 is 30.2 Å². The van der Waals surface area contributed by atoms with Gasteiger partial charge in [0.25, 0.3) is 0 Å². The lowest BCUT2D eigenvalue weighted by Gasteiger charge is -2.16. The van der Waals surface area contributed by atoms with Crippen molar-refractivity contribution in [2.75, 3.05) is 19.6 Å². The first kappa shape index (κ1) is 25.6. The van der Waals surface area contributed by atoms with Crippen LogP contribution in [0.4, 0.5) is 8.78 Å². The van der Waals surface area contributed by atoms with Crippen molar-refractivity contribution in [1.29, 1.82) is 0 Å². The second-order valence-corrected chi connectivity index (χ2v) is 5.90. The number of hydrogen-bond donors (Lipinski definition) is 4. The van der Waals surface area contributed by atoms with Crippen LogP contribution in [0.1, 0.15) is 24.4 Å². The molecule has 1 unspecified atom stereocenters. The van der Waals surface area contributed by atoms with Crippen LogP contribution in [0, 0.1) is 0 Å². The summed E-state index contributed by atoms with van der Waals surface area (Å²) in [5, 5.41) is 18.8. The van der Waals surface area contributed by atoms with Gasteiger partial charge in [0.15, 0.2) is 5.96 Å². The van der Waals surface area contributed by atoms with Crippen molar-refractivity contribution in [2.24, 2.45) is 4.99 Å². The highest BCUT2D eigenvalue weighted by atomic mass is 127.